The van der Waals surface area contributed by atoms with Gasteiger partial charge in [0.1, 0.15) is 21.6 Å². The van der Waals surface area contributed by atoms with Gasteiger partial charge in [-0.3, -0.25) is 0 Å². The molecule has 0 amide bonds. The highest BCUT2D eigenvalue weighted by atomic mass is 32.1. The number of alkyl halides is 3. The number of halogens is 4. The van der Waals surface area contributed by atoms with Gasteiger partial charge in [-0.1, -0.05) is 42.4 Å². The Hall–Kier alpha value is -2.56. The topological polar surface area (TPSA) is 81.3 Å². The molecule has 1 aromatic heterocycles. The molecule has 2 aromatic carbocycles. The predicted octanol–water partition coefficient (Wildman–Crippen LogP) is 5.54. The maximum absolute atomic E-state index is 13.6. The van der Waals surface area contributed by atoms with E-state index in [-0.39, 0.29) is 35.4 Å². The van der Waals surface area contributed by atoms with Crippen LogP contribution in [0.4, 0.5) is 17.6 Å². The van der Waals surface area contributed by atoms with E-state index in [0.29, 0.717) is 23.4 Å². The van der Waals surface area contributed by atoms with Crippen LogP contribution >= 0.6 is 11.3 Å². The van der Waals surface area contributed by atoms with E-state index in [1.54, 1.807) is 18.2 Å². The number of rotatable bonds is 11. The summed E-state index contributed by atoms with van der Waals surface area (Å²) in [7, 11) is 0. The van der Waals surface area contributed by atoms with E-state index in [9.17, 15) is 17.6 Å². The second kappa shape index (κ2) is 11.5. The number of aromatic nitrogens is 2. The van der Waals surface area contributed by atoms with Crippen molar-refractivity contribution < 1.29 is 27.4 Å². The molecule has 0 bridgehead atoms. The number of aryl methyl sites for hydroxylation is 1. The smallest absolute Gasteiger partial charge is 0.419 e. The summed E-state index contributed by atoms with van der Waals surface area (Å²) in [5.41, 5.74) is 5.72. The van der Waals surface area contributed by atoms with Gasteiger partial charge in [-0.15, -0.1) is 10.2 Å². The van der Waals surface area contributed by atoms with Crippen LogP contribution in [0.15, 0.2) is 42.5 Å². The molecule has 3 rings (SSSR count). The first-order chi connectivity index (χ1) is 15.8. The van der Waals surface area contributed by atoms with E-state index in [4.69, 9.17) is 15.6 Å². The van der Waals surface area contributed by atoms with Crippen LogP contribution in [0.25, 0.3) is 10.6 Å². The molecule has 33 heavy (non-hydrogen) atoms. The molecule has 1 heterocycles. The average molecular weight is 484 g/mol. The molecule has 3 N–H and O–H groups in total. The first kappa shape index (κ1) is 25.1. The molecule has 3 aromatic rings. The summed E-state index contributed by atoms with van der Waals surface area (Å²) in [6.45, 7) is -0.186. The van der Waals surface area contributed by atoms with Gasteiger partial charge in [-0.25, -0.2) is 4.39 Å². The maximum atomic E-state index is 13.6. The average Bonchev–Trinajstić information content (AvgIpc) is 3.29. The number of aliphatic hydroxyl groups is 1. The second-order valence-corrected chi connectivity index (χ2v) is 8.56. The zero-order chi connectivity index (χ0) is 23.8. The van der Waals surface area contributed by atoms with Gasteiger partial charge >= 0.3 is 6.18 Å². The molecule has 0 saturated heterocycles. The quantitative estimate of drug-likeness (QED) is 0.277. The van der Waals surface area contributed by atoms with Crippen molar-refractivity contribution in [2.45, 2.75) is 44.3 Å². The molecule has 0 saturated carbocycles. The van der Waals surface area contributed by atoms with Crippen LogP contribution in [0.1, 0.15) is 47.9 Å². The SMILES string of the molecule is NC(CO)c1nnc(-c2ccc(OCCCCCCc3ccccc3F)c(C(F)(F)F)c2)s1. The van der Waals surface area contributed by atoms with Gasteiger partial charge in [0.2, 0.25) is 0 Å². The number of nitrogens with two attached hydrogens (primary N) is 1. The maximum Gasteiger partial charge on any atom is 0.419 e. The minimum absolute atomic E-state index is 0.149. The first-order valence-electron chi connectivity index (χ1n) is 10.6. The zero-order valence-corrected chi connectivity index (χ0v) is 18.6. The highest BCUT2D eigenvalue weighted by Crippen LogP contribution is 2.39. The molecule has 0 radical (unpaired) electrons. The van der Waals surface area contributed by atoms with E-state index < -0.39 is 17.8 Å². The second-order valence-electron chi connectivity index (χ2n) is 7.55. The van der Waals surface area contributed by atoms with Gasteiger partial charge in [0, 0.05) is 5.56 Å². The minimum atomic E-state index is -4.60. The molecule has 0 fully saturated rings. The van der Waals surface area contributed by atoms with E-state index >= 15 is 0 Å². The third-order valence-corrected chi connectivity index (χ3v) is 6.15. The molecule has 10 heteroatoms. The van der Waals surface area contributed by atoms with E-state index in [1.807, 2.05) is 0 Å². The summed E-state index contributed by atoms with van der Waals surface area (Å²) in [4.78, 5) is 0. The molecule has 0 aliphatic rings. The van der Waals surface area contributed by atoms with Crippen molar-refractivity contribution in [2.75, 3.05) is 13.2 Å². The molecule has 0 aliphatic carbocycles. The number of unbranched alkanes of at least 4 members (excludes halogenated alkanes) is 3. The predicted molar refractivity (Wildman–Crippen MR) is 118 cm³/mol. The minimum Gasteiger partial charge on any atom is -0.493 e. The van der Waals surface area contributed by atoms with Crippen LogP contribution in [0.3, 0.4) is 0 Å². The van der Waals surface area contributed by atoms with Gasteiger partial charge in [-0.05, 0) is 49.1 Å². The Morgan fingerprint density at radius 1 is 1.03 bits per heavy atom. The summed E-state index contributed by atoms with van der Waals surface area (Å²) >= 11 is 1.03. The van der Waals surface area contributed by atoms with Crippen molar-refractivity contribution >= 4 is 11.3 Å². The molecular formula is C23H25F4N3O2S. The van der Waals surface area contributed by atoms with E-state index in [2.05, 4.69) is 10.2 Å². The molecule has 1 unspecified atom stereocenters. The Kier molecular flexibility index (Phi) is 8.76. The number of hydrogen-bond donors (Lipinski definition) is 2. The lowest BCUT2D eigenvalue weighted by molar-refractivity contribution is -0.138. The van der Waals surface area contributed by atoms with Crippen molar-refractivity contribution in [3.63, 3.8) is 0 Å². The van der Waals surface area contributed by atoms with E-state index in [0.717, 1.165) is 36.7 Å². The molecule has 0 aliphatic heterocycles. The van der Waals surface area contributed by atoms with Crippen LogP contribution in [0.5, 0.6) is 5.75 Å². The van der Waals surface area contributed by atoms with Crippen molar-refractivity contribution in [3.8, 4) is 16.3 Å². The summed E-state index contributed by atoms with van der Waals surface area (Å²) in [5, 5.41) is 17.4. The van der Waals surface area contributed by atoms with Gasteiger partial charge in [0.15, 0.2) is 0 Å². The number of aliphatic hydroxyl groups excluding tert-OH is 1. The fourth-order valence-electron chi connectivity index (χ4n) is 3.24. The number of ether oxygens (including phenoxy) is 1. The van der Waals surface area contributed by atoms with Crippen molar-refractivity contribution in [2.24, 2.45) is 5.73 Å². The van der Waals surface area contributed by atoms with E-state index in [1.165, 1.54) is 18.2 Å². The van der Waals surface area contributed by atoms with Crippen molar-refractivity contribution in [3.05, 3.63) is 64.4 Å². The third-order valence-electron chi connectivity index (χ3n) is 5.04. The summed E-state index contributed by atoms with van der Waals surface area (Å²) in [6.07, 6.45) is -0.975. The van der Waals surface area contributed by atoms with Gasteiger partial charge in [-0.2, -0.15) is 13.2 Å². The fourth-order valence-corrected chi connectivity index (χ4v) is 4.08. The first-order valence-corrected chi connectivity index (χ1v) is 11.4. The third kappa shape index (κ3) is 6.96. The van der Waals surface area contributed by atoms with Crippen LogP contribution in [0.2, 0.25) is 0 Å². The van der Waals surface area contributed by atoms with Crippen LogP contribution in [-0.2, 0) is 12.6 Å². The van der Waals surface area contributed by atoms with Gasteiger partial charge in [0.25, 0.3) is 0 Å². The highest BCUT2D eigenvalue weighted by Gasteiger charge is 2.35. The molecular weight excluding hydrogens is 458 g/mol. The largest absolute Gasteiger partial charge is 0.493 e. The molecule has 0 spiro atoms. The normalized spacial score (nSPS) is 12.7. The number of nitrogens with zero attached hydrogens (tertiary/aromatic N) is 2. The standard InChI is InChI=1S/C23H25F4N3O2S/c24-18-9-5-4-8-15(18)7-3-1-2-6-12-32-20-11-10-16(13-17(20)23(25,26)27)21-29-30-22(33-21)19(28)14-31/h4-5,8-11,13,19,31H,1-3,6-7,12,14,28H2. The monoisotopic (exact) mass is 483 g/mol. The zero-order valence-electron chi connectivity index (χ0n) is 17.8. The summed E-state index contributed by atoms with van der Waals surface area (Å²) < 4.78 is 59.8. The Morgan fingerprint density at radius 2 is 1.79 bits per heavy atom. The number of hydrogen-bond acceptors (Lipinski definition) is 6. The Labute approximate surface area is 193 Å². The molecule has 5 nitrogen and oxygen atoms in total. The fraction of sp³-hybridized carbons (Fsp3) is 0.391. The Balaban J connectivity index is 1.54. The summed E-state index contributed by atoms with van der Waals surface area (Å²) in [5.74, 6) is -0.459. The molecule has 1 atom stereocenters. The van der Waals surface area contributed by atoms with Gasteiger partial charge < -0.3 is 15.6 Å². The van der Waals surface area contributed by atoms with Crippen molar-refractivity contribution in [1.82, 2.24) is 10.2 Å². The highest BCUT2D eigenvalue weighted by molar-refractivity contribution is 7.14. The lowest BCUT2D eigenvalue weighted by atomic mass is 10.1. The van der Waals surface area contributed by atoms with Crippen molar-refractivity contribution in [1.29, 1.82) is 0 Å². The Bertz CT molecular complexity index is 1040. The van der Waals surface area contributed by atoms with Crippen LogP contribution in [0, 0.1) is 5.82 Å². The number of benzene rings is 2. The van der Waals surface area contributed by atoms with Crippen LogP contribution < -0.4 is 10.5 Å². The van der Waals surface area contributed by atoms with Gasteiger partial charge in [0.05, 0.1) is 24.8 Å². The summed E-state index contributed by atoms with van der Waals surface area (Å²) in [6, 6.07) is 9.66. The lowest BCUT2D eigenvalue weighted by Gasteiger charge is -2.15. The lowest BCUT2D eigenvalue weighted by Crippen LogP contribution is -2.13. The van der Waals surface area contributed by atoms with Crippen LogP contribution in [-0.4, -0.2) is 28.5 Å². The Morgan fingerprint density at radius 3 is 2.52 bits per heavy atom. The molecule has 178 valence electrons.